The third-order valence-electron chi connectivity index (χ3n) is 4.00. The van der Waals surface area contributed by atoms with Crippen molar-refractivity contribution in [1.82, 2.24) is 5.32 Å². The molecule has 1 N–H and O–H groups in total. The van der Waals surface area contributed by atoms with E-state index in [-0.39, 0.29) is 5.82 Å². The smallest absolute Gasteiger partial charge is 0.123 e. The molecule has 1 aromatic carbocycles. The van der Waals surface area contributed by atoms with Crippen molar-refractivity contribution in [3.05, 3.63) is 35.6 Å². The largest absolute Gasteiger partial charge is 0.309 e. The van der Waals surface area contributed by atoms with Gasteiger partial charge in [-0.25, -0.2) is 4.39 Å². The van der Waals surface area contributed by atoms with Crippen LogP contribution in [0.5, 0.6) is 0 Å². The van der Waals surface area contributed by atoms with Gasteiger partial charge < -0.3 is 5.32 Å². The standard InChI is InChI=1S/C15H22FN/c1-11-4-3-5-12(2)15(11)17-10-13-6-8-14(16)9-7-13/h6-9,11-12,15,17H,3-5,10H2,1-2H3. The number of halogens is 1. The van der Waals surface area contributed by atoms with Crippen LogP contribution in [0, 0.1) is 17.7 Å². The first kappa shape index (κ1) is 12.6. The normalized spacial score (nSPS) is 29.2. The van der Waals surface area contributed by atoms with Gasteiger partial charge in [-0.15, -0.1) is 0 Å². The highest BCUT2D eigenvalue weighted by Gasteiger charge is 2.26. The van der Waals surface area contributed by atoms with Gasteiger partial charge in [0.25, 0.3) is 0 Å². The highest BCUT2D eigenvalue weighted by molar-refractivity contribution is 5.15. The van der Waals surface area contributed by atoms with Gasteiger partial charge in [0, 0.05) is 12.6 Å². The molecular weight excluding hydrogens is 213 g/mol. The van der Waals surface area contributed by atoms with Gasteiger partial charge in [0.1, 0.15) is 5.82 Å². The predicted octanol–water partition coefficient (Wildman–Crippen LogP) is 3.74. The van der Waals surface area contributed by atoms with Gasteiger partial charge in [0.05, 0.1) is 0 Å². The van der Waals surface area contributed by atoms with Crippen LogP contribution in [0.25, 0.3) is 0 Å². The summed E-state index contributed by atoms with van der Waals surface area (Å²) in [5.74, 6) is 1.34. The second-order valence-electron chi connectivity index (χ2n) is 5.42. The summed E-state index contributed by atoms with van der Waals surface area (Å²) >= 11 is 0. The SMILES string of the molecule is CC1CCCC(C)C1NCc1ccc(F)cc1. The lowest BCUT2D eigenvalue weighted by atomic mass is 9.78. The third-order valence-corrected chi connectivity index (χ3v) is 4.00. The third kappa shape index (κ3) is 3.29. The average Bonchev–Trinajstić information content (AvgIpc) is 2.31. The molecule has 0 aromatic heterocycles. The van der Waals surface area contributed by atoms with Crippen LogP contribution < -0.4 is 5.32 Å². The molecular formula is C15H22FN. The van der Waals surface area contributed by atoms with Gasteiger partial charge >= 0.3 is 0 Å². The number of hydrogen-bond acceptors (Lipinski definition) is 1. The summed E-state index contributed by atoms with van der Waals surface area (Å²) in [5.41, 5.74) is 1.16. The zero-order valence-electron chi connectivity index (χ0n) is 10.7. The summed E-state index contributed by atoms with van der Waals surface area (Å²) in [5, 5.41) is 3.63. The summed E-state index contributed by atoms with van der Waals surface area (Å²) in [6.07, 6.45) is 4.01. The zero-order chi connectivity index (χ0) is 12.3. The minimum Gasteiger partial charge on any atom is -0.309 e. The van der Waals surface area contributed by atoms with Crippen molar-refractivity contribution < 1.29 is 4.39 Å². The van der Waals surface area contributed by atoms with Gasteiger partial charge in [-0.2, -0.15) is 0 Å². The fourth-order valence-corrected chi connectivity index (χ4v) is 2.92. The van der Waals surface area contributed by atoms with E-state index in [4.69, 9.17) is 0 Å². The summed E-state index contributed by atoms with van der Waals surface area (Å²) in [4.78, 5) is 0. The molecule has 0 saturated heterocycles. The lowest BCUT2D eigenvalue weighted by Gasteiger charge is -2.35. The minimum atomic E-state index is -0.159. The fraction of sp³-hybridized carbons (Fsp3) is 0.600. The van der Waals surface area contributed by atoms with Crippen molar-refractivity contribution in [2.45, 2.75) is 45.7 Å². The highest BCUT2D eigenvalue weighted by Crippen LogP contribution is 2.28. The Hall–Kier alpha value is -0.890. The molecule has 1 aliphatic rings. The predicted molar refractivity (Wildman–Crippen MR) is 69.2 cm³/mol. The molecule has 94 valence electrons. The molecule has 2 atom stereocenters. The molecule has 1 aromatic rings. The van der Waals surface area contributed by atoms with Crippen molar-refractivity contribution in [1.29, 1.82) is 0 Å². The summed E-state index contributed by atoms with van der Waals surface area (Å²) in [6.45, 7) is 5.51. The van der Waals surface area contributed by atoms with E-state index < -0.39 is 0 Å². The molecule has 0 spiro atoms. The molecule has 0 amide bonds. The first-order valence-electron chi connectivity index (χ1n) is 6.64. The van der Waals surface area contributed by atoms with E-state index in [0.717, 1.165) is 23.9 Å². The van der Waals surface area contributed by atoms with Crippen molar-refractivity contribution in [3.63, 3.8) is 0 Å². The molecule has 1 saturated carbocycles. The van der Waals surface area contributed by atoms with Crippen LogP contribution in [0.2, 0.25) is 0 Å². The minimum absolute atomic E-state index is 0.159. The van der Waals surface area contributed by atoms with E-state index in [2.05, 4.69) is 19.2 Å². The Kier molecular flexibility index (Phi) is 4.16. The maximum absolute atomic E-state index is 12.8. The van der Waals surface area contributed by atoms with Crippen LogP contribution in [0.15, 0.2) is 24.3 Å². The van der Waals surface area contributed by atoms with E-state index in [1.165, 1.54) is 31.4 Å². The highest BCUT2D eigenvalue weighted by atomic mass is 19.1. The lowest BCUT2D eigenvalue weighted by Crippen LogP contribution is -2.42. The van der Waals surface area contributed by atoms with E-state index in [9.17, 15) is 4.39 Å². The Morgan fingerprint density at radius 2 is 1.71 bits per heavy atom. The summed E-state index contributed by atoms with van der Waals surface area (Å²) < 4.78 is 12.8. The Morgan fingerprint density at radius 1 is 1.12 bits per heavy atom. The molecule has 2 rings (SSSR count). The van der Waals surface area contributed by atoms with Crippen molar-refractivity contribution in [2.24, 2.45) is 11.8 Å². The summed E-state index contributed by atoms with van der Waals surface area (Å²) in [7, 11) is 0. The molecule has 1 fully saturated rings. The number of rotatable bonds is 3. The van der Waals surface area contributed by atoms with Crippen LogP contribution in [0.1, 0.15) is 38.7 Å². The molecule has 0 aliphatic heterocycles. The monoisotopic (exact) mass is 235 g/mol. The van der Waals surface area contributed by atoms with Crippen molar-refractivity contribution in [2.75, 3.05) is 0 Å². The van der Waals surface area contributed by atoms with Gasteiger partial charge in [-0.1, -0.05) is 32.4 Å². The van der Waals surface area contributed by atoms with E-state index in [1.54, 1.807) is 0 Å². The first-order chi connectivity index (χ1) is 8.16. The molecule has 17 heavy (non-hydrogen) atoms. The molecule has 2 unspecified atom stereocenters. The van der Waals surface area contributed by atoms with Gasteiger partial charge in [0.2, 0.25) is 0 Å². The topological polar surface area (TPSA) is 12.0 Å². The molecule has 0 bridgehead atoms. The van der Waals surface area contributed by atoms with Crippen molar-refractivity contribution >= 4 is 0 Å². The number of nitrogens with one attached hydrogen (secondary N) is 1. The van der Waals surface area contributed by atoms with E-state index in [0.29, 0.717) is 6.04 Å². The van der Waals surface area contributed by atoms with Crippen LogP contribution in [0.4, 0.5) is 4.39 Å². The van der Waals surface area contributed by atoms with E-state index >= 15 is 0 Å². The Bertz CT molecular complexity index is 336. The first-order valence-corrected chi connectivity index (χ1v) is 6.64. The molecule has 1 nitrogen and oxygen atoms in total. The van der Waals surface area contributed by atoms with Gasteiger partial charge in [0.15, 0.2) is 0 Å². The maximum Gasteiger partial charge on any atom is 0.123 e. The lowest BCUT2D eigenvalue weighted by molar-refractivity contribution is 0.207. The fourth-order valence-electron chi connectivity index (χ4n) is 2.92. The average molecular weight is 235 g/mol. The van der Waals surface area contributed by atoms with Crippen LogP contribution >= 0.6 is 0 Å². The van der Waals surface area contributed by atoms with Gasteiger partial charge in [-0.05, 0) is 42.4 Å². The van der Waals surface area contributed by atoms with Crippen LogP contribution in [0.3, 0.4) is 0 Å². The van der Waals surface area contributed by atoms with Gasteiger partial charge in [-0.3, -0.25) is 0 Å². The Labute approximate surface area is 103 Å². The summed E-state index contributed by atoms with van der Waals surface area (Å²) in [6, 6.07) is 7.39. The Morgan fingerprint density at radius 3 is 2.29 bits per heavy atom. The van der Waals surface area contributed by atoms with Crippen LogP contribution in [-0.4, -0.2) is 6.04 Å². The molecule has 2 heteroatoms. The second kappa shape index (κ2) is 5.63. The van der Waals surface area contributed by atoms with Crippen LogP contribution in [-0.2, 0) is 6.54 Å². The molecule has 0 radical (unpaired) electrons. The maximum atomic E-state index is 12.8. The zero-order valence-corrected chi connectivity index (χ0v) is 10.7. The van der Waals surface area contributed by atoms with E-state index in [1.807, 2.05) is 12.1 Å². The quantitative estimate of drug-likeness (QED) is 0.841. The second-order valence-corrected chi connectivity index (χ2v) is 5.42. The van der Waals surface area contributed by atoms with Crippen molar-refractivity contribution in [3.8, 4) is 0 Å². The Balaban J connectivity index is 1.90. The number of hydrogen-bond donors (Lipinski definition) is 1. The molecule has 0 heterocycles. The molecule has 1 aliphatic carbocycles. The number of benzene rings is 1.